The van der Waals surface area contributed by atoms with Crippen LogP contribution in [0.1, 0.15) is 89.2 Å². The molecule has 186 valence electrons. The van der Waals surface area contributed by atoms with E-state index in [1.54, 1.807) is 4.90 Å². The minimum absolute atomic E-state index is 0.00922. The molecule has 1 aromatic carbocycles. The molecule has 3 amide bonds. The topological polar surface area (TPSA) is 102 Å². The molecule has 2 saturated carbocycles. The quantitative estimate of drug-likeness (QED) is 0.656. The van der Waals surface area contributed by atoms with Crippen LogP contribution in [0.4, 0.5) is 4.79 Å². The second-order valence-electron chi connectivity index (χ2n) is 11.3. The summed E-state index contributed by atoms with van der Waals surface area (Å²) in [7, 11) is 0. The number of carbonyl (C=O) groups excluding carboxylic acids is 3. The zero-order chi connectivity index (χ0) is 24.5. The largest absolute Gasteiger partial charge is 0.444 e. The van der Waals surface area contributed by atoms with Crippen molar-refractivity contribution in [3.63, 3.8) is 0 Å². The lowest BCUT2D eigenvalue weighted by atomic mass is 9.84. The van der Waals surface area contributed by atoms with Gasteiger partial charge < -0.3 is 15.8 Å². The van der Waals surface area contributed by atoms with Crippen molar-refractivity contribution in [3.05, 3.63) is 35.4 Å². The van der Waals surface area contributed by atoms with Crippen LogP contribution in [0, 0.1) is 5.92 Å². The molecule has 0 unspecified atom stereocenters. The summed E-state index contributed by atoms with van der Waals surface area (Å²) in [5, 5.41) is 2.85. The average Bonchev–Trinajstić information content (AvgIpc) is 3.40. The van der Waals surface area contributed by atoms with Crippen molar-refractivity contribution in [1.82, 2.24) is 10.2 Å². The molecule has 3 fully saturated rings. The molecule has 2 aliphatic carbocycles. The summed E-state index contributed by atoms with van der Waals surface area (Å²) in [5.41, 5.74) is 7.34. The highest BCUT2D eigenvalue weighted by Crippen LogP contribution is 2.43. The van der Waals surface area contributed by atoms with Gasteiger partial charge in [-0.1, -0.05) is 43.5 Å². The van der Waals surface area contributed by atoms with E-state index in [1.165, 1.54) is 37.7 Å². The van der Waals surface area contributed by atoms with Crippen molar-refractivity contribution in [3.8, 4) is 0 Å². The number of fused-ring (bicyclic) bond motifs is 2. The number of likely N-dealkylation sites (tertiary alicyclic amines) is 1. The van der Waals surface area contributed by atoms with Crippen molar-refractivity contribution in [1.29, 1.82) is 0 Å². The summed E-state index contributed by atoms with van der Waals surface area (Å²) in [6, 6.07) is 6.93. The van der Waals surface area contributed by atoms with Gasteiger partial charge in [-0.3, -0.25) is 14.5 Å². The number of ether oxygens (including phenoxy) is 1. The van der Waals surface area contributed by atoms with Crippen LogP contribution in [-0.2, 0) is 20.7 Å². The summed E-state index contributed by atoms with van der Waals surface area (Å²) in [4.78, 5) is 40.0. The molecule has 7 nitrogen and oxygen atoms in total. The first kappa shape index (κ1) is 24.6. The Hall–Kier alpha value is -2.57. The lowest BCUT2D eigenvalue weighted by Gasteiger charge is -2.36. The Kier molecular flexibility index (Phi) is 7.20. The predicted octanol–water partition coefficient (Wildman–Crippen LogP) is 4.03. The minimum atomic E-state index is -0.826. The van der Waals surface area contributed by atoms with E-state index < -0.39 is 29.7 Å². The van der Waals surface area contributed by atoms with E-state index in [4.69, 9.17) is 10.5 Å². The molecule has 1 heterocycles. The van der Waals surface area contributed by atoms with Crippen molar-refractivity contribution < 1.29 is 19.1 Å². The second-order valence-corrected chi connectivity index (χ2v) is 11.3. The molecule has 1 saturated heterocycles. The van der Waals surface area contributed by atoms with Gasteiger partial charge in [0, 0.05) is 12.5 Å². The summed E-state index contributed by atoms with van der Waals surface area (Å²) >= 11 is 0. The molecule has 4 atom stereocenters. The maximum atomic E-state index is 13.3. The number of hydrogen-bond acceptors (Lipinski definition) is 4. The number of nitrogens with zero attached hydrogens (tertiary/aromatic N) is 1. The van der Waals surface area contributed by atoms with Crippen molar-refractivity contribution in [2.45, 2.75) is 108 Å². The van der Waals surface area contributed by atoms with E-state index in [0.29, 0.717) is 12.3 Å². The summed E-state index contributed by atoms with van der Waals surface area (Å²) in [5.74, 6) is -0.191. The fourth-order valence-electron chi connectivity index (χ4n) is 5.98. The molecule has 34 heavy (non-hydrogen) atoms. The zero-order valence-electron chi connectivity index (χ0n) is 20.7. The first-order valence-corrected chi connectivity index (χ1v) is 12.8. The van der Waals surface area contributed by atoms with Crippen LogP contribution in [0.25, 0.3) is 0 Å². The Balaban J connectivity index is 1.42. The lowest BCUT2D eigenvalue weighted by Crippen LogP contribution is -2.57. The monoisotopic (exact) mass is 469 g/mol. The van der Waals surface area contributed by atoms with Crippen molar-refractivity contribution in [2.24, 2.45) is 11.7 Å². The van der Waals surface area contributed by atoms with Gasteiger partial charge in [-0.15, -0.1) is 0 Å². The van der Waals surface area contributed by atoms with E-state index in [9.17, 15) is 14.4 Å². The van der Waals surface area contributed by atoms with Crippen LogP contribution in [0.2, 0.25) is 0 Å². The molecule has 2 bridgehead atoms. The molecule has 0 spiro atoms. The van der Waals surface area contributed by atoms with Crippen LogP contribution < -0.4 is 11.1 Å². The Morgan fingerprint density at radius 3 is 2.35 bits per heavy atom. The molecule has 0 radical (unpaired) electrons. The SMILES string of the molecule is CC(C)(C)OC(=O)N1[C@@H]2CC[C@@H](C2)[C@H]1C(=O)N[C@@H](Cc1ccc(C2CCCCC2)cc1)C(N)=O. The van der Waals surface area contributed by atoms with Gasteiger partial charge in [0.25, 0.3) is 0 Å². The number of piperidine rings is 1. The van der Waals surface area contributed by atoms with Gasteiger partial charge in [0.1, 0.15) is 17.7 Å². The first-order chi connectivity index (χ1) is 16.1. The fourth-order valence-corrected chi connectivity index (χ4v) is 5.98. The van der Waals surface area contributed by atoms with Crippen molar-refractivity contribution >= 4 is 17.9 Å². The van der Waals surface area contributed by atoms with E-state index in [2.05, 4.69) is 17.4 Å². The Labute approximate surface area is 202 Å². The Morgan fingerprint density at radius 2 is 1.74 bits per heavy atom. The van der Waals surface area contributed by atoms with Gasteiger partial charge in [-0.05, 0) is 75.8 Å². The summed E-state index contributed by atoms with van der Waals surface area (Å²) in [6.07, 6.45) is 8.79. The van der Waals surface area contributed by atoms with Gasteiger partial charge >= 0.3 is 6.09 Å². The molecule has 3 N–H and O–H groups in total. The van der Waals surface area contributed by atoms with Gasteiger partial charge in [0.2, 0.25) is 11.8 Å². The van der Waals surface area contributed by atoms with Crippen molar-refractivity contribution in [2.75, 3.05) is 0 Å². The number of rotatable bonds is 6. The van der Waals surface area contributed by atoms with Crippen LogP contribution in [0.15, 0.2) is 24.3 Å². The third-order valence-electron chi connectivity index (χ3n) is 7.61. The number of nitrogens with two attached hydrogens (primary N) is 1. The number of nitrogens with one attached hydrogen (secondary N) is 1. The standard InChI is InChI=1S/C27H39N3O4/c1-27(2,3)34-26(33)30-21-14-13-20(16-21)23(30)25(32)29-22(24(28)31)15-17-9-11-19(12-10-17)18-7-5-4-6-8-18/h9-12,18,20-23H,4-8,13-16H2,1-3H3,(H2,28,31)(H,29,32)/t20-,21+,22-,23-/m0/s1. The highest BCUT2D eigenvalue weighted by Gasteiger charge is 2.52. The number of amides is 3. The number of carbonyl (C=O) groups is 3. The van der Waals surface area contributed by atoms with Gasteiger partial charge in [-0.2, -0.15) is 0 Å². The number of primary amides is 1. The van der Waals surface area contributed by atoms with E-state index in [0.717, 1.165) is 24.8 Å². The summed E-state index contributed by atoms with van der Waals surface area (Å²) < 4.78 is 5.58. The van der Waals surface area contributed by atoms with Gasteiger partial charge in [-0.25, -0.2) is 4.79 Å². The maximum absolute atomic E-state index is 13.3. The lowest BCUT2D eigenvalue weighted by molar-refractivity contribution is -0.132. The number of hydrogen-bond donors (Lipinski definition) is 2. The van der Waals surface area contributed by atoms with Crippen LogP contribution in [-0.4, -0.2) is 46.5 Å². The van der Waals surface area contributed by atoms with Crippen LogP contribution in [0.5, 0.6) is 0 Å². The molecule has 7 heteroatoms. The van der Waals surface area contributed by atoms with Gasteiger partial charge in [0.15, 0.2) is 0 Å². The molecular formula is C27H39N3O4. The van der Waals surface area contributed by atoms with Crippen LogP contribution >= 0.6 is 0 Å². The van der Waals surface area contributed by atoms with Crippen LogP contribution in [0.3, 0.4) is 0 Å². The second kappa shape index (κ2) is 9.96. The smallest absolute Gasteiger partial charge is 0.411 e. The third-order valence-corrected chi connectivity index (χ3v) is 7.61. The molecule has 1 aromatic rings. The van der Waals surface area contributed by atoms with E-state index in [-0.39, 0.29) is 17.9 Å². The number of benzene rings is 1. The van der Waals surface area contributed by atoms with E-state index >= 15 is 0 Å². The molecule has 3 aliphatic rings. The first-order valence-electron chi connectivity index (χ1n) is 12.8. The molecular weight excluding hydrogens is 430 g/mol. The molecule has 4 rings (SSSR count). The third kappa shape index (κ3) is 5.56. The highest BCUT2D eigenvalue weighted by molar-refractivity contribution is 5.91. The minimum Gasteiger partial charge on any atom is -0.444 e. The maximum Gasteiger partial charge on any atom is 0.411 e. The highest BCUT2D eigenvalue weighted by atomic mass is 16.6. The molecule has 1 aliphatic heterocycles. The molecule has 0 aromatic heterocycles. The fraction of sp³-hybridized carbons (Fsp3) is 0.667. The van der Waals surface area contributed by atoms with E-state index in [1.807, 2.05) is 32.9 Å². The summed E-state index contributed by atoms with van der Waals surface area (Å²) in [6.45, 7) is 5.45. The Morgan fingerprint density at radius 1 is 1.06 bits per heavy atom. The van der Waals surface area contributed by atoms with Gasteiger partial charge in [0.05, 0.1) is 0 Å². The normalized spacial score (nSPS) is 25.7. The zero-order valence-corrected chi connectivity index (χ0v) is 20.7. The average molecular weight is 470 g/mol. The predicted molar refractivity (Wildman–Crippen MR) is 130 cm³/mol. The Bertz CT molecular complexity index is 901.